The fourth-order valence-electron chi connectivity index (χ4n) is 2.90. The van der Waals surface area contributed by atoms with Gasteiger partial charge in [-0.3, -0.25) is 9.59 Å². The highest BCUT2D eigenvalue weighted by molar-refractivity contribution is 6.31. The molecule has 0 bridgehead atoms. The number of hydrogen-bond donors (Lipinski definition) is 1. The molecule has 0 aromatic heterocycles. The van der Waals surface area contributed by atoms with Gasteiger partial charge in [0.25, 0.3) is 5.91 Å². The highest BCUT2D eigenvalue weighted by atomic mass is 35.5. The Hall–Kier alpha value is -2.33. The number of amides is 2. The molecule has 1 aliphatic rings. The van der Waals surface area contributed by atoms with Crippen LogP contribution < -0.4 is 10.2 Å². The summed E-state index contributed by atoms with van der Waals surface area (Å²) < 4.78 is 0. The van der Waals surface area contributed by atoms with Crippen LogP contribution in [0.3, 0.4) is 0 Å². The zero-order chi connectivity index (χ0) is 17.3. The molecule has 1 saturated heterocycles. The molecule has 0 aliphatic carbocycles. The Morgan fingerprint density at radius 1 is 1.21 bits per heavy atom. The highest BCUT2D eigenvalue weighted by Crippen LogP contribution is 2.29. The Morgan fingerprint density at radius 2 is 2.00 bits per heavy atom. The highest BCUT2D eigenvalue weighted by Gasteiger charge is 2.26. The number of hydrogen-bond acceptors (Lipinski definition) is 2. The van der Waals surface area contributed by atoms with Crippen molar-refractivity contribution >= 4 is 34.8 Å². The summed E-state index contributed by atoms with van der Waals surface area (Å²) in [6.07, 6.45) is 1.30. The van der Waals surface area contributed by atoms with E-state index in [2.05, 4.69) is 5.32 Å². The van der Waals surface area contributed by atoms with Gasteiger partial charge in [0.15, 0.2) is 0 Å². The molecule has 3 rings (SSSR count). The van der Waals surface area contributed by atoms with E-state index in [1.54, 1.807) is 23.1 Å². The topological polar surface area (TPSA) is 49.4 Å². The lowest BCUT2D eigenvalue weighted by Crippen LogP contribution is -2.27. The molecule has 0 saturated carbocycles. The maximum absolute atomic E-state index is 12.8. The number of benzene rings is 2. The second-order valence-corrected chi connectivity index (χ2v) is 6.45. The van der Waals surface area contributed by atoms with E-state index in [1.165, 1.54) is 0 Å². The lowest BCUT2D eigenvalue weighted by Gasteiger charge is -2.20. The average molecular weight is 343 g/mol. The van der Waals surface area contributed by atoms with Crippen LogP contribution in [0.25, 0.3) is 0 Å². The molecule has 4 nitrogen and oxygen atoms in total. The maximum atomic E-state index is 12.8. The van der Waals surface area contributed by atoms with Crippen LogP contribution in [0.4, 0.5) is 11.4 Å². The first-order chi connectivity index (χ1) is 11.5. The summed E-state index contributed by atoms with van der Waals surface area (Å²) >= 11 is 6.08. The third-order valence-corrected chi connectivity index (χ3v) is 4.66. The molecule has 0 radical (unpaired) electrons. The summed E-state index contributed by atoms with van der Waals surface area (Å²) in [5.41, 5.74) is 3.94. The molecule has 1 fully saturated rings. The van der Waals surface area contributed by atoms with E-state index >= 15 is 0 Å². The molecule has 1 aliphatic heterocycles. The SMILES string of the molecule is Cc1cccc(NC(=O)c2ccc(Cl)cc2N2CCCC2=O)c1C. The summed E-state index contributed by atoms with van der Waals surface area (Å²) in [5, 5.41) is 3.45. The summed E-state index contributed by atoms with van der Waals surface area (Å²) in [6.45, 7) is 4.59. The van der Waals surface area contributed by atoms with Gasteiger partial charge in [0, 0.05) is 23.7 Å². The molecule has 124 valence electrons. The average Bonchev–Trinajstić information content (AvgIpc) is 2.97. The number of halogens is 1. The second-order valence-electron chi connectivity index (χ2n) is 6.01. The second kappa shape index (κ2) is 6.65. The summed E-state index contributed by atoms with van der Waals surface area (Å²) in [5.74, 6) is -0.215. The largest absolute Gasteiger partial charge is 0.322 e. The van der Waals surface area contributed by atoms with E-state index in [9.17, 15) is 9.59 Å². The summed E-state index contributed by atoms with van der Waals surface area (Å²) in [4.78, 5) is 26.5. The lowest BCUT2D eigenvalue weighted by molar-refractivity contribution is -0.117. The number of aryl methyl sites for hydroxylation is 1. The van der Waals surface area contributed by atoms with Crippen molar-refractivity contribution in [2.45, 2.75) is 26.7 Å². The predicted molar refractivity (Wildman–Crippen MR) is 96.9 cm³/mol. The van der Waals surface area contributed by atoms with Crippen molar-refractivity contribution in [1.82, 2.24) is 0 Å². The summed E-state index contributed by atoms with van der Waals surface area (Å²) in [6, 6.07) is 10.8. The van der Waals surface area contributed by atoms with Gasteiger partial charge in [0.2, 0.25) is 5.91 Å². The van der Waals surface area contributed by atoms with Gasteiger partial charge in [-0.05, 0) is 55.7 Å². The third-order valence-electron chi connectivity index (χ3n) is 4.42. The fraction of sp³-hybridized carbons (Fsp3) is 0.263. The van der Waals surface area contributed by atoms with E-state index in [0.29, 0.717) is 29.2 Å². The smallest absolute Gasteiger partial charge is 0.257 e. The standard InChI is InChI=1S/C19H19ClN2O2/c1-12-5-3-6-16(13(12)2)21-19(24)15-9-8-14(20)11-17(15)22-10-4-7-18(22)23/h3,5-6,8-9,11H,4,7,10H2,1-2H3,(H,21,24). The Kier molecular flexibility index (Phi) is 4.58. The van der Waals surface area contributed by atoms with Gasteiger partial charge < -0.3 is 10.2 Å². The number of rotatable bonds is 3. The van der Waals surface area contributed by atoms with Crippen LogP contribution in [0.15, 0.2) is 36.4 Å². The summed E-state index contributed by atoms with van der Waals surface area (Å²) in [7, 11) is 0. The van der Waals surface area contributed by atoms with Crippen molar-refractivity contribution in [3.05, 3.63) is 58.1 Å². The first-order valence-electron chi connectivity index (χ1n) is 7.95. The van der Waals surface area contributed by atoms with Crippen molar-refractivity contribution in [3.63, 3.8) is 0 Å². The van der Waals surface area contributed by atoms with Gasteiger partial charge in [0.1, 0.15) is 0 Å². The predicted octanol–water partition coefficient (Wildman–Crippen LogP) is 4.34. The number of nitrogens with one attached hydrogen (secondary N) is 1. The van der Waals surface area contributed by atoms with Gasteiger partial charge in [-0.1, -0.05) is 23.7 Å². The molecule has 0 unspecified atom stereocenters. The van der Waals surface area contributed by atoms with E-state index in [-0.39, 0.29) is 11.8 Å². The van der Waals surface area contributed by atoms with Crippen LogP contribution in [0, 0.1) is 13.8 Å². The molecular weight excluding hydrogens is 324 g/mol. The van der Waals surface area contributed by atoms with E-state index < -0.39 is 0 Å². The molecule has 5 heteroatoms. The Balaban J connectivity index is 1.95. The van der Waals surface area contributed by atoms with Crippen molar-refractivity contribution in [1.29, 1.82) is 0 Å². The van der Waals surface area contributed by atoms with Crippen LogP contribution in [0.5, 0.6) is 0 Å². The van der Waals surface area contributed by atoms with Crippen LogP contribution in [-0.2, 0) is 4.79 Å². The van der Waals surface area contributed by atoms with Crippen LogP contribution in [-0.4, -0.2) is 18.4 Å². The van der Waals surface area contributed by atoms with E-state index in [1.807, 2.05) is 32.0 Å². The van der Waals surface area contributed by atoms with Gasteiger partial charge in [-0.15, -0.1) is 0 Å². The Morgan fingerprint density at radius 3 is 2.71 bits per heavy atom. The first-order valence-corrected chi connectivity index (χ1v) is 8.32. The minimum atomic E-state index is -0.241. The van der Waals surface area contributed by atoms with Gasteiger partial charge in [0.05, 0.1) is 11.3 Å². The number of nitrogens with zero attached hydrogens (tertiary/aromatic N) is 1. The monoisotopic (exact) mass is 342 g/mol. The van der Waals surface area contributed by atoms with Crippen molar-refractivity contribution < 1.29 is 9.59 Å². The molecule has 2 amide bonds. The molecule has 0 atom stereocenters. The molecule has 1 heterocycles. The zero-order valence-corrected chi connectivity index (χ0v) is 14.5. The van der Waals surface area contributed by atoms with Crippen molar-refractivity contribution in [2.75, 3.05) is 16.8 Å². The molecule has 1 N–H and O–H groups in total. The van der Waals surface area contributed by atoms with Crippen molar-refractivity contribution in [2.24, 2.45) is 0 Å². The number of carbonyl (C=O) groups excluding carboxylic acids is 2. The molecular formula is C19H19ClN2O2. The first kappa shape index (κ1) is 16.5. The molecule has 0 spiro atoms. The minimum Gasteiger partial charge on any atom is -0.322 e. The fourth-order valence-corrected chi connectivity index (χ4v) is 3.07. The van der Waals surface area contributed by atoms with Gasteiger partial charge in [-0.2, -0.15) is 0 Å². The molecule has 2 aromatic carbocycles. The van der Waals surface area contributed by atoms with Gasteiger partial charge >= 0.3 is 0 Å². The third kappa shape index (κ3) is 3.15. The van der Waals surface area contributed by atoms with Crippen LogP contribution >= 0.6 is 11.6 Å². The zero-order valence-electron chi connectivity index (χ0n) is 13.7. The van der Waals surface area contributed by atoms with E-state index in [4.69, 9.17) is 11.6 Å². The number of carbonyl (C=O) groups is 2. The molecule has 24 heavy (non-hydrogen) atoms. The van der Waals surface area contributed by atoms with E-state index in [0.717, 1.165) is 23.2 Å². The Bertz CT molecular complexity index is 817. The van der Waals surface area contributed by atoms with Crippen molar-refractivity contribution in [3.8, 4) is 0 Å². The molecule has 2 aromatic rings. The number of anilines is 2. The quantitative estimate of drug-likeness (QED) is 0.902. The minimum absolute atomic E-state index is 0.0260. The Labute approximate surface area is 146 Å². The van der Waals surface area contributed by atoms with Gasteiger partial charge in [-0.25, -0.2) is 0 Å². The van der Waals surface area contributed by atoms with Crippen LogP contribution in [0.2, 0.25) is 5.02 Å². The van der Waals surface area contributed by atoms with Crippen LogP contribution in [0.1, 0.15) is 34.3 Å². The lowest BCUT2D eigenvalue weighted by atomic mass is 10.1. The normalized spacial score (nSPS) is 14.1. The maximum Gasteiger partial charge on any atom is 0.257 e.